The van der Waals surface area contributed by atoms with Crippen LogP contribution in [0.1, 0.15) is 36.7 Å². The molecule has 2 aromatic carbocycles. The Balaban J connectivity index is 1.94. The van der Waals surface area contributed by atoms with Crippen LogP contribution in [0, 0.1) is 0 Å². The fraction of sp³-hybridized carbons (Fsp3) is 0.200. The molecule has 0 atom stereocenters. The van der Waals surface area contributed by atoms with Crippen molar-refractivity contribution in [1.29, 1.82) is 0 Å². The van der Waals surface area contributed by atoms with E-state index in [1.807, 2.05) is 18.2 Å². The Morgan fingerprint density at radius 3 is 2.42 bits per heavy atom. The van der Waals surface area contributed by atoms with Crippen molar-refractivity contribution in [2.75, 3.05) is 5.32 Å². The lowest BCUT2D eigenvalue weighted by Crippen LogP contribution is -2.21. The molecule has 0 saturated heterocycles. The number of fused-ring (bicyclic) bond motifs is 1. The smallest absolute Gasteiger partial charge is 0.349 e. The first-order valence-electron chi connectivity index (χ1n) is 8.00. The van der Waals surface area contributed by atoms with Crippen LogP contribution in [0.25, 0.3) is 11.0 Å². The zero-order valence-electron chi connectivity index (χ0n) is 14.5. The molecule has 0 aliphatic heterocycles. The highest BCUT2D eigenvalue weighted by atomic mass is 79.9. The van der Waals surface area contributed by atoms with E-state index in [4.69, 9.17) is 4.42 Å². The molecule has 0 aliphatic carbocycles. The number of anilines is 1. The summed E-state index contributed by atoms with van der Waals surface area (Å²) in [6.07, 6.45) is 0. The van der Waals surface area contributed by atoms with E-state index < -0.39 is 11.5 Å². The highest BCUT2D eigenvalue weighted by molar-refractivity contribution is 9.10. The number of nitrogens with one attached hydrogen (secondary N) is 1. The summed E-state index contributed by atoms with van der Waals surface area (Å²) in [5.41, 5.74) is 1.46. The predicted octanol–water partition coefficient (Wildman–Crippen LogP) is 5.87. The second-order valence-corrected chi connectivity index (χ2v) is 8.80. The Hall–Kier alpha value is -1.92. The maximum atomic E-state index is 12.6. The van der Waals surface area contributed by atoms with E-state index in [-0.39, 0.29) is 11.0 Å². The summed E-state index contributed by atoms with van der Waals surface area (Å²) in [6, 6.07) is 12.5. The van der Waals surface area contributed by atoms with E-state index >= 15 is 0 Å². The zero-order chi connectivity index (χ0) is 19.1. The van der Waals surface area contributed by atoms with Crippen LogP contribution in [0.5, 0.6) is 0 Å². The number of halogens is 2. The Morgan fingerprint density at radius 1 is 1.04 bits per heavy atom. The molecule has 0 aliphatic rings. The van der Waals surface area contributed by atoms with Crippen LogP contribution < -0.4 is 10.9 Å². The van der Waals surface area contributed by atoms with Crippen molar-refractivity contribution in [3.05, 3.63) is 73.0 Å². The Bertz CT molecular complexity index is 1060. The number of benzene rings is 2. The first-order chi connectivity index (χ1) is 12.1. The van der Waals surface area contributed by atoms with Crippen LogP contribution in [0.4, 0.5) is 5.69 Å². The Morgan fingerprint density at radius 2 is 1.77 bits per heavy atom. The van der Waals surface area contributed by atoms with Gasteiger partial charge in [-0.05, 0) is 63.3 Å². The summed E-state index contributed by atoms with van der Waals surface area (Å²) in [7, 11) is 0. The number of rotatable bonds is 2. The van der Waals surface area contributed by atoms with E-state index in [9.17, 15) is 9.59 Å². The second-order valence-electron chi connectivity index (χ2n) is 7.03. The molecule has 26 heavy (non-hydrogen) atoms. The lowest BCUT2D eigenvalue weighted by atomic mass is 9.87. The van der Waals surface area contributed by atoms with Gasteiger partial charge in [-0.2, -0.15) is 0 Å². The third-order valence-electron chi connectivity index (χ3n) is 4.02. The largest absolute Gasteiger partial charge is 0.422 e. The molecule has 0 spiro atoms. The third kappa shape index (κ3) is 3.91. The van der Waals surface area contributed by atoms with Gasteiger partial charge in [0.25, 0.3) is 5.91 Å². The summed E-state index contributed by atoms with van der Waals surface area (Å²) in [4.78, 5) is 24.8. The summed E-state index contributed by atoms with van der Waals surface area (Å²) >= 11 is 6.86. The van der Waals surface area contributed by atoms with Gasteiger partial charge in [-0.3, -0.25) is 4.79 Å². The van der Waals surface area contributed by atoms with Crippen LogP contribution in [0.2, 0.25) is 0 Å². The third-order valence-corrected chi connectivity index (χ3v) is 5.17. The summed E-state index contributed by atoms with van der Waals surface area (Å²) in [5.74, 6) is -0.509. The molecule has 0 bridgehead atoms. The minimum absolute atomic E-state index is 0.00212. The molecule has 6 heteroatoms. The van der Waals surface area contributed by atoms with Crippen molar-refractivity contribution < 1.29 is 9.21 Å². The van der Waals surface area contributed by atoms with Crippen molar-refractivity contribution in [3.8, 4) is 0 Å². The van der Waals surface area contributed by atoms with Gasteiger partial charge in [-0.1, -0.05) is 42.8 Å². The highest BCUT2D eigenvalue weighted by Gasteiger charge is 2.18. The van der Waals surface area contributed by atoms with Gasteiger partial charge in [0.1, 0.15) is 11.1 Å². The van der Waals surface area contributed by atoms with Gasteiger partial charge in [0.15, 0.2) is 0 Å². The Kier molecular flexibility index (Phi) is 5.08. The van der Waals surface area contributed by atoms with Crippen LogP contribution in [0.3, 0.4) is 0 Å². The number of carbonyl (C=O) groups is 1. The predicted molar refractivity (Wildman–Crippen MR) is 111 cm³/mol. The van der Waals surface area contributed by atoms with Crippen molar-refractivity contribution >= 4 is 54.4 Å². The highest BCUT2D eigenvalue weighted by Crippen LogP contribution is 2.30. The quantitative estimate of drug-likeness (QED) is 0.468. The summed E-state index contributed by atoms with van der Waals surface area (Å²) in [5, 5.41) is 3.44. The van der Waals surface area contributed by atoms with Gasteiger partial charge in [-0.15, -0.1) is 0 Å². The van der Waals surface area contributed by atoms with Gasteiger partial charge in [-0.25, -0.2) is 4.79 Å². The summed E-state index contributed by atoms with van der Waals surface area (Å²) in [6.45, 7) is 6.35. The first kappa shape index (κ1) is 18.9. The van der Waals surface area contributed by atoms with Crippen molar-refractivity contribution in [1.82, 2.24) is 0 Å². The zero-order valence-corrected chi connectivity index (χ0v) is 17.7. The van der Waals surface area contributed by atoms with E-state index in [0.717, 1.165) is 14.5 Å². The maximum Gasteiger partial charge on any atom is 0.349 e. The van der Waals surface area contributed by atoms with Crippen LogP contribution >= 0.6 is 31.9 Å². The van der Waals surface area contributed by atoms with Crippen molar-refractivity contribution in [2.24, 2.45) is 0 Å². The fourth-order valence-corrected chi connectivity index (χ4v) is 3.38. The van der Waals surface area contributed by atoms with Crippen molar-refractivity contribution in [3.63, 3.8) is 0 Å². The molecule has 1 amide bonds. The molecule has 0 saturated carbocycles. The molecular formula is C20H17Br2NO3. The lowest BCUT2D eigenvalue weighted by molar-refractivity contribution is 0.102. The van der Waals surface area contributed by atoms with E-state index in [2.05, 4.69) is 57.9 Å². The molecule has 0 radical (unpaired) electrons. The lowest BCUT2D eigenvalue weighted by Gasteiger charge is -2.20. The number of hydrogen-bond donors (Lipinski definition) is 1. The monoisotopic (exact) mass is 477 g/mol. The molecule has 0 unspecified atom stereocenters. The molecule has 0 fully saturated rings. The van der Waals surface area contributed by atoms with E-state index in [1.165, 1.54) is 0 Å². The van der Waals surface area contributed by atoms with Gasteiger partial charge in [0, 0.05) is 14.3 Å². The molecule has 1 heterocycles. The van der Waals surface area contributed by atoms with E-state index in [0.29, 0.717) is 16.7 Å². The molecule has 134 valence electrons. The number of carbonyl (C=O) groups excluding carboxylic acids is 1. The van der Waals surface area contributed by atoms with Gasteiger partial charge in [0.05, 0.1) is 5.69 Å². The first-order valence-corrected chi connectivity index (χ1v) is 9.58. The van der Waals surface area contributed by atoms with Gasteiger partial charge >= 0.3 is 5.63 Å². The fourth-order valence-electron chi connectivity index (χ4n) is 2.53. The van der Waals surface area contributed by atoms with Gasteiger partial charge in [0.2, 0.25) is 0 Å². The van der Waals surface area contributed by atoms with Crippen molar-refractivity contribution in [2.45, 2.75) is 26.2 Å². The average Bonchev–Trinajstić information content (AvgIpc) is 2.55. The minimum atomic E-state index is -0.667. The Labute approximate surface area is 167 Å². The average molecular weight is 479 g/mol. The topological polar surface area (TPSA) is 59.3 Å². The normalized spacial score (nSPS) is 11.6. The van der Waals surface area contributed by atoms with Crippen LogP contribution in [-0.4, -0.2) is 5.91 Å². The minimum Gasteiger partial charge on any atom is -0.422 e. The SMILES string of the molecule is CC(C)(C)c1ccc(NC(=O)c2cc3cc(Br)ccc3oc2=O)c(Br)c1. The van der Waals surface area contributed by atoms with Crippen LogP contribution in [0.15, 0.2) is 60.6 Å². The maximum absolute atomic E-state index is 12.6. The number of hydrogen-bond acceptors (Lipinski definition) is 3. The standard InChI is InChI=1S/C20H17Br2NO3/c1-20(2,3)12-4-6-16(15(22)10-12)23-18(24)14-9-11-8-13(21)5-7-17(11)26-19(14)25/h4-10H,1-3H3,(H,23,24). The molecule has 3 aromatic rings. The van der Waals surface area contributed by atoms with Gasteiger partial charge < -0.3 is 9.73 Å². The molecule has 3 rings (SSSR count). The van der Waals surface area contributed by atoms with E-state index in [1.54, 1.807) is 24.3 Å². The molecular weight excluding hydrogens is 462 g/mol. The molecule has 1 aromatic heterocycles. The molecule has 4 nitrogen and oxygen atoms in total. The van der Waals surface area contributed by atoms with Crippen LogP contribution in [-0.2, 0) is 5.41 Å². The summed E-state index contributed by atoms with van der Waals surface area (Å²) < 4.78 is 6.85. The number of amides is 1. The molecule has 1 N–H and O–H groups in total. The second kappa shape index (κ2) is 7.00.